The third kappa shape index (κ3) is 4.22. The third-order valence-corrected chi connectivity index (χ3v) is 3.90. The Labute approximate surface area is 124 Å². The molecule has 1 aromatic carbocycles. The van der Waals surface area contributed by atoms with Gasteiger partial charge in [-0.05, 0) is 39.3 Å². The van der Waals surface area contributed by atoms with Crippen molar-refractivity contribution in [1.29, 1.82) is 0 Å². The monoisotopic (exact) mass is 278 g/mol. The van der Waals surface area contributed by atoms with Gasteiger partial charge in [-0.15, -0.1) is 0 Å². The van der Waals surface area contributed by atoms with E-state index in [-0.39, 0.29) is 12.1 Å². The van der Waals surface area contributed by atoms with Crippen molar-refractivity contribution in [2.75, 3.05) is 14.2 Å². The average molecular weight is 278 g/mol. The van der Waals surface area contributed by atoms with Crippen molar-refractivity contribution in [3.63, 3.8) is 0 Å². The molecule has 2 N–H and O–H groups in total. The van der Waals surface area contributed by atoms with E-state index in [0.29, 0.717) is 12.0 Å². The molecule has 114 valence electrons. The minimum atomic E-state index is 0.0471. The molecule has 0 heterocycles. The van der Waals surface area contributed by atoms with Crippen LogP contribution in [0.3, 0.4) is 0 Å². The lowest BCUT2D eigenvalue weighted by molar-refractivity contribution is 0.145. The van der Waals surface area contributed by atoms with Crippen LogP contribution < -0.4 is 10.5 Å². The molecule has 0 radical (unpaired) electrons. The van der Waals surface area contributed by atoms with Crippen LogP contribution in [0.25, 0.3) is 0 Å². The summed E-state index contributed by atoms with van der Waals surface area (Å²) < 4.78 is 5.51. The Kier molecular flexibility index (Phi) is 6.50. The predicted molar refractivity (Wildman–Crippen MR) is 86.1 cm³/mol. The van der Waals surface area contributed by atoms with Crippen molar-refractivity contribution < 1.29 is 4.74 Å². The molecule has 0 aromatic heterocycles. The number of nitrogens with two attached hydrogens (primary N) is 1. The molecule has 3 heteroatoms. The lowest BCUT2D eigenvalue weighted by Gasteiger charge is -2.37. The zero-order valence-corrected chi connectivity index (χ0v) is 13.8. The fourth-order valence-corrected chi connectivity index (χ4v) is 2.91. The molecule has 0 aliphatic rings. The van der Waals surface area contributed by atoms with Gasteiger partial charge in [-0.3, -0.25) is 4.90 Å². The van der Waals surface area contributed by atoms with Crippen molar-refractivity contribution in [1.82, 2.24) is 4.90 Å². The molecule has 20 heavy (non-hydrogen) atoms. The highest BCUT2D eigenvalue weighted by molar-refractivity contribution is 5.36. The number of nitrogens with zero attached hydrogens (tertiary/aromatic N) is 1. The van der Waals surface area contributed by atoms with Gasteiger partial charge >= 0.3 is 0 Å². The maximum Gasteiger partial charge on any atom is 0.123 e. The first-order valence-corrected chi connectivity index (χ1v) is 7.48. The molecule has 0 fully saturated rings. The summed E-state index contributed by atoms with van der Waals surface area (Å²) in [6, 6.07) is 8.87. The Balaban J connectivity index is 3.05. The van der Waals surface area contributed by atoms with E-state index in [2.05, 4.69) is 45.7 Å². The van der Waals surface area contributed by atoms with Crippen LogP contribution in [0.15, 0.2) is 24.3 Å². The van der Waals surface area contributed by atoms with Gasteiger partial charge in [-0.25, -0.2) is 0 Å². The van der Waals surface area contributed by atoms with Crippen molar-refractivity contribution in [3.8, 4) is 5.75 Å². The number of hydrogen-bond acceptors (Lipinski definition) is 3. The van der Waals surface area contributed by atoms with Gasteiger partial charge in [0.05, 0.1) is 13.2 Å². The highest BCUT2D eigenvalue weighted by atomic mass is 16.5. The SMILES string of the molecule is COc1ccccc1C(C(C)N)N(C)C(C)CC(C)C. The molecule has 1 rings (SSSR count). The maximum absolute atomic E-state index is 6.26. The summed E-state index contributed by atoms with van der Waals surface area (Å²) in [6.45, 7) is 8.85. The lowest BCUT2D eigenvalue weighted by atomic mass is 9.95. The Bertz CT molecular complexity index is 404. The first-order chi connectivity index (χ1) is 9.38. The first-order valence-electron chi connectivity index (χ1n) is 7.48. The minimum Gasteiger partial charge on any atom is -0.496 e. The summed E-state index contributed by atoms with van der Waals surface area (Å²) in [5, 5.41) is 0. The third-order valence-electron chi connectivity index (χ3n) is 3.90. The molecular weight excluding hydrogens is 248 g/mol. The summed E-state index contributed by atoms with van der Waals surface area (Å²) in [6.07, 6.45) is 1.16. The Hall–Kier alpha value is -1.06. The highest BCUT2D eigenvalue weighted by Gasteiger charge is 2.27. The molecule has 0 saturated heterocycles. The largest absolute Gasteiger partial charge is 0.496 e. The quantitative estimate of drug-likeness (QED) is 0.830. The van der Waals surface area contributed by atoms with E-state index in [1.807, 2.05) is 18.2 Å². The molecule has 0 saturated carbocycles. The average Bonchev–Trinajstić information content (AvgIpc) is 2.38. The van der Waals surface area contributed by atoms with Crippen LogP contribution in [-0.2, 0) is 0 Å². The van der Waals surface area contributed by atoms with Crippen molar-refractivity contribution in [2.45, 2.75) is 52.2 Å². The molecule has 1 aromatic rings. The molecule has 0 aliphatic carbocycles. The molecule has 0 spiro atoms. The van der Waals surface area contributed by atoms with Crippen LogP contribution in [0, 0.1) is 5.92 Å². The number of benzene rings is 1. The first kappa shape index (κ1) is 17.0. The van der Waals surface area contributed by atoms with E-state index in [9.17, 15) is 0 Å². The van der Waals surface area contributed by atoms with Crippen LogP contribution in [0.2, 0.25) is 0 Å². The van der Waals surface area contributed by atoms with Gasteiger partial charge in [0.15, 0.2) is 0 Å². The molecule has 3 atom stereocenters. The van der Waals surface area contributed by atoms with E-state index in [1.165, 1.54) is 5.56 Å². The molecule has 0 aliphatic heterocycles. The van der Waals surface area contributed by atoms with Gasteiger partial charge in [0.1, 0.15) is 5.75 Å². The second kappa shape index (κ2) is 7.65. The molecular formula is C17H30N2O. The van der Waals surface area contributed by atoms with E-state index in [0.717, 1.165) is 12.2 Å². The predicted octanol–water partition coefficient (Wildman–Crippen LogP) is 3.45. The summed E-state index contributed by atoms with van der Waals surface area (Å²) in [5.74, 6) is 1.59. The zero-order valence-electron chi connectivity index (χ0n) is 13.8. The normalized spacial score (nSPS) is 16.2. The number of para-hydroxylation sites is 1. The van der Waals surface area contributed by atoms with Crippen LogP contribution in [-0.4, -0.2) is 31.1 Å². The minimum absolute atomic E-state index is 0.0471. The van der Waals surface area contributed by atoms with Gasteiger partial charge in [-0.1, -0.05) is 32.0 Å². The Morgan fingerprint density at radius 2 is 1.75 bits per heavy atom. The van der Waals surface area contributed by atoms with Crippen LogP contribution in [0.4, 0.5) is 0 Å². The molecule has 0 bridgehead atoms. The molecule has 3 unspecified atom stereocenters. The van der Waals surface area contributed by atoms with Gasteiger partial charge < -0.3 is 10.5 Å². The van der Waals surface area contributed by atoms with Crippen LogP contribution in [0.5, 0.6) is 5.75 Å². The summed E-state index contributed by atoms with van der Waals surface area (Å²) in [4.78, 5) is 2.38. The summed E-state index contributed by atoms with van der Waals surface area (Å²) in [7, 11) is 3.88. The summed E-state index contributed by atoms with van der Waals surface area (Å²) in [5.41, 5.74) is 7.43. The van der Waals surface area contributed by atoms with Crippen LogP contribution in [0.1, 0.15) is 45.7 Å². The number of likely N-dealkylation sites (N-methyl/N-ethyl adjacent to an activating group) is 1. The fourth-order valence-electron chi connectivity index (χ4n) is 2.91. The second-order valence-electron chi connectivity index (χ2n) is 6.19. The number of rotatable bonds is 7. The highest BCUT2D eigenvalue weighted by Crippen LogP contribution is 2.32. The lowest BCUT2D eigenvalue weighted by Crippen LogP contribution is -2.42. The second-order valence-corrected chi connectivity index (χ2v) is 6.19. The smallest absolute Gasteiger partial charge is 0.123 e. The number of ether oxygens (including phenoxy) is 1. The standard InChI is InChI=1S/C17H30N2O/c1-12(2)11-13(3)19(5)17(14(4)18)15-9-7-8-10-16(15)20-6/h7-10,12-14,17H,11,18H2,1-6H3. The molecule has 0 amide bonds. The van der Waals surface area contributed by atoms with E-state index in [4.69, 9.17) is 10.5 Å². The van der Waals surface area contributed by atoms with Crippen molar-refractivity contribution >= 4 is 0 Å². The van der Waals surface area contributed by atoms with E-state index < -0.39 is 0 Å². The number of hydrogen-bond donors (Lipinski definition) is 1. The van der Waals surface area contributed by atoms with Crippen molar-refractivity contribution in [2.24, 2.45) is 11.7 Å². The zero-order chi connectivity index (χ0) is 15.3. The van der Waals surface area contributed by atoms with Gasteiger partial charge in [0.2, 0.25) is 0 Å². The topological polar surface area (TPSA) is 38.5 Å². The molecule has 3 nitrogen and oxygen atoms in total. The van der Waals surface area contributed by atoms with Gasteiger partial charge in [-0.2, -0.15) is 0 Å². The fraction of sp³-hybridized carbons (Fsp3) is 0.647. The van der Waals surface area contributed by atoms with Crippen LogP contribution >= 0.6 is 0 Å². The Morgan fingerprint density at radius 1 is 1.15 bits per heavy atom. The maximum atomic E-state index is 6.26. The van der Waals surface area contributed by atoms with Gasteiger partial charge in [0, 0.05) is 17.6 Å². The van der Waals surface area contributed by atoms with Gasteiger partial charge in [0.25, 0.3) is 0 Å². The van der Waals surface area contributed by atoms with Crippen molar-refractivity contribution in [3.05, 3.63) is 29.8 Å². The number of methoxy groups -OCH3 is 1. The Morgan fingerprint density at radius 3 is 2.25 bits per heavy atom. The van der Waals surface area contributed by atoms with E-state index in [1.54, 1.807) is 7.11 Å². The summed E-state index contributed by atoms with van der Waals surface area (Å²) >= 11 is 0. The van der Waals surface area contributed by atoms with E-state index >= 15 is 0 Å².